The highest BCUT2D eigenvalue weighted by atomic mass is 19.1. The molecule has 10 aromatic rings. The third-order valence-corrected chi connectivity index (χ3v) is 13.5. The molecular weight excluding hydrogens is 877 g/mol. The maximum Gasteiger partial charge on any atom is 0.137 e. The summed E-state index contributed by atoms with van der Waals surface area (Å²) in [4.78, 5) is 0. The van der Waals surface area contributed by atoms with E-state index < -0.39 is 0 Å². The lowest BCUT2D eigenvalue weighted by Gasteiger charge is -2.39. The monoisotopic (exact) mass is 928 g/mol. The number of ether oxygens (including phenoxy) is 5. The van der Waals surface area contributed by atoms with Gasteiger partial charge in [-0.2, -0.15) is 0 Å². The molecule has 0 unspecified atom stereocenters. The van der Waals surface area contributed by atoms with Gasteiger partial charge in [0.15, 0.2) is 0 Å². The molecule has 1 aliphatic heterocycles. The van der Waals surface area contributed by atoms with Crippen LogP contribution in [0.4, 0.5) is 8.78 Å². The fraction of sp³-hybridized carbons (Fsp3) is 0.161. The molecule has 11 rings (SSSR count). The van der Waals surface area contributed by atoms with Crippen molar-refractivity contribution in [2.24, 2.45) is 0 Å². The highest BCUT2D eigenvalue weighted by Gasteiger charge is 2.31. The molecule has 0 saturated carbocycles. The van der Waals surface area contributed by atoms with Crippen LogP contribution in [-0.4, -0.2) is 57.2 Å². The van der Waals surface area contributed by atoms with Crippen molar-refractivity contribution in [1.82, 2.24) is 0 Å². The second-order valence-corrected chi connectivity index (χ2v) is 18.0. The lowest BCUT2D eigenvalue weighted by Crippen LogP contribution is -2.51. The van der Waals surface area contributed by atoms with Crippen molar-refractivity contribution >= 4 is 43.1 Å². The molecule has 1 heterocycles. The first-order valence-electron chi connectivity index (χ1n) is 24.0. The zero-order valence-electron chi connectivity index (χ0n) is 38.8. The summed E-state index contributed by atoms with van der Waals surface area (Å²) in [7, 11) is 0. The second-order valence-electron chi connectivity index (χ2n) is 18.0. The smallest absolute Gasteiger partial charge is 0.137 e. The van der Waals surface area contributed by atoms with Crippen LogP contribution in [0.25, 0.3) is 65.3 Å². The first kappa shape index (κ1) is 44.7. The molecule has 6 nitrogen and oxygen atoms in total. The Hall–Kier alpha value is -7.78. The Morgan fingerprint density at radius 3 is 0.943 bits per heavy atom. The van der Waals surface area contributed by atoms with Gasteiger partial charge in [0.2, 0.25) is 0 Å². The van der Waals surface area contributed by atoms with Gasteiger partial charge in [0.25, 0.3) is 0 Å². The molecule has 0 spiro atoms. The zero-order chi connectivity index (χ0) is 47.3. The third kappa shape index (κ3) is 9.36. The fourth-order valence-electron chi connectivity index (χ4n) is 10.2. The summed E-state index contributed by atoms with van der Waals surface area (Å²) in [5.74, 6) is 2.30. The van der Waals surface area contributed by atoms with Crippen LogP contribution in [0, 0.1) is 11.6 Å². The number of fused-ring (bicyclic) bond motifs is 14. The van der Waals surface area contributed by atoms with E-state index >= 15 is 0 Å². The van der Waals surface area contributed by atoms with Gasteiger partial charge in [0.05, 0.1) is 13.2 Å². The molecule has 8 heteroatoms. The predicted octanol–water partition coefficient (Wildman–Crippen LogP) is 14.4. The summed E-state index contributed by atoms with van der Waals surface area (Å²) in [6, 6.07) is 63.5. The summed E-state index contributed by atoms with van der Waals surface area (Å²) < 4.78 is 63.3. The molecule has 0 saturated heterocycles. The van der Waals surface area contributed by atoms with Crippen LogP contribution in [0.1, 0.15) is 11.1 Å². The van der Waals surface area contributed by atoms with Gasteiger partial charge in [0.1, 0.15) is 87.2 Å². The van der Waals surface area contributed by atoms with Gasteiger partial charge < -0.3 is 28.2 Å². The Balaban J connectivity index is 1.06. The number of rotatable bonds is 4. The highest BCUT2D eigenvalue weighted by molar-refractivity contribution is 6.11. The van der Waals surface area contributed by atoms with Crippen LogP contribution < -0.4 is 18.9 Å². The Morgan fingerprint density at radius 2 is 0.614 bits per heavy atom. The van der Waals surface area contributed by atoms with Crippen LogP contribution in [0.2, 0.25) is 0 Å². The average Bonchev–Trinajstić information content (AvgIpc) is 3.39. The largest absolute Gasteiger partial charge is 0.491 e. The van der Waals surface area contributed by atoms with Gasteiger partial charge in [0, 0.05) is 33.4 Å². The van der Waals surface area contributed by atoms with E-state index in [4.69, 9.17) is 23.7 Å². The average molecular weight is 929 g/mol. The molecule has 0 aromatic heterocycles. The van der Waals surface area contributed by atoms with Crippen LogP contribution in [-0.2, 0) is 17.8 Å². The molecule has 0 amide bonds. The van der Waals surface area contributed by atoms with Crippen molar-refractivity contribution in [3.63, 3.8) is 0 Å². The van der Waals surface area contributed by atoms with E-state index in [1.54, 1.807) is 0 Å². The second kappa shape index (κ2) is 20.1. The Labute approximate surface area is 406 Å². The summed E-state index contributed by atoms with van der Waals surface area (Å²) in [6.45, 7) is 4.10. The Morgan fingerprint density at radius 1 is 0.314 bits per heavy atom. The Bertz CT molecular complexity index is 3240. The summed E-state index contributed by atoms with van der Waals surface area (Å²) in [5, 5.41) is 8.46. The van der Waals surface area contributed by atoms with Crippen molar-refractivity contribution < 1.29 is 36.9 Å². The highest BCUT2D eigenvalue weighted by Crippen LogP contribution is 2.47. The minimum atomic E-state index is -0.299. The molecular formula is C62H52F2NO5+. The van der Waals surface area contributed by atoms with E-state index in [-0.39, 0.29) is 11.6 Å². The first-order valence-corrected chi connectivity index (χ1v) is 24.0. The van der Waals surface area contributed by atoms with Crippen molar-refractivity contribution in [3.05, 3.63) is 217 Å². The molecule has 0 atom stereocenters. The van der Waals surface area contributed by atoms with E-state index in [0.29, 0.717) is 70.3 Å². The minimum Gasteiger partial charge on any atom is -0.491 e. The molecule has 0 aliphatic carbocycles. The van der Waals surface area contributed by atoms with Gasteiger partial charge in [-0.3, -0.25) is 0 Å². The molecule has 70 heavy (non-hydrogen) atoms. The predicted molar refractivity (Wildman–Crippen MR) is 277 cm³/mol. The normalized spacial score (nSPS) is 14.6. The number of nitrogens with zero attached hydrogens (tertiary/aromatic N) is 1. The zero-order valence-corrected chi connectivity index (χ0v) is 38.8. The molecule has 0 radical (unpaired) electrons. The van der Waals surface area contributed by atoms with Gasteiger partial charge in [-0.15, -0.1) is 0 Å². The van der Waals surface area contributed by atoms with Gasteiger partial charge in [-0.25, -0.2) is 8.78 Å². The molecule has 1 aliphatic rings. The maximum atomic E-state index is 14.5. The van der Waals surface area contributed by atoms with E-state index in [2.05, 4.69) is 109 Å². The van der Waals surface area contributed by atoms with E-state index in [1.807, 2.05) is 60.7 Å². The Kier molecular flexibility index (Phi) is 12.8. The van der Waals surface area contributed by atoms with Crippen molar-refractivity contribution in [2.45, 2.75) is 13.1 Å². The summed E-state index contributed by atoms with van der Waals surface area (Å²) >= 11 is 0. The van der Waals surface area contributed by atoms with Crippen LogP contribution in [0.5, 0.6) is 23.0 Å². The van der Waals surface area contributed by atoms with Crippen molar-refractivity contribution in [2.75, 3.05) is 52.7 Å². The van der Waals surface area contributed by atoms with Gasteiger partial charge >= 0.3 is 0 Å². The number of benzene rings is 10. The van der Waals surface area contributed by atoms with E-state index in [9.17, 15) is 8.78 Å². The van der Waals surface area contributed by atoms with Crippen molar-refractivity contribution in [1.29, 1.82) is 0 Å². The molecule has 0 N–H and O–H groups in total. The number of halogens is 2. The molecule has 0 fully saturated rings. The number of quaternary nitrogens is 1. The fourth-order valence-corrected chi connectivity index (χ4v) is 10.2. The van der Waals surface area contributed by atoms with E-state index in [1.165, 1.54) is 24.3 Å². The van der Waals surface area contributed by atoms with Crippen LogP contribution in [0.15, 0.2) is 194 Å². The summed E-state index contributed by atoms with van der Waals surface area (Å²) in [5.41, 5.74) is 5.68. The van der Waals surface area contributed by atoms with Crippen molar-refractivity contribution in [3.8, 4) is 45.3 Å². The molecule has 0 bridgehead atoms. The van der Waals surface area contributed by atoms with E-state index in [0.717, 1.165) is 99.5 Å². The quantitative estimate of drug-likeness (QED) is 0.165. The first-order chi connectivity index (χ1) is 34.5. The van der Waals surface area contributed by atoms with Crippen LogP contribution in [0.3, 0.4) is 0 Å². The SMILES string of the molecule is Fc1ccc(C[N+]2(Cc3ccc(F)cc3)CCOc3ccc4ccccc4c3-c3c(ccc4ccccc34)OCCOCCOc3ccc4ccccc4c3-c3c(ccc4ccccc34)OCC2)cc1. The number of hydrogen-bond acceptors (Lipinski definition) is 5. The topological polar surface area (TPSA) is 46.2 Å². The van der Waals surface area contributed by atoms with Crippen LogP contribution >= 0.6 is 0 Å². The van der Waals surface area contributed by atoms with Gasteiger partial charge in [-0.05, 0) is 91.6 Å². The molecule has 348 valence electrons. The minimum absolute atomic E-state index is 0.299. The lowest BCUT2D eigenvalue weighted by atomic mass is 9.92. The molecule has 10 aromatic carbocycles. The summed E-state index contributed by atoms with van der Waals surface area (Å²) in [6.07, 6.45) is 0. The number of hydrogen-bond donors (Lipinski definition) is 0. The third-order valence-electron chi connectivity index (χ3n) is 13.5. The standard InChI is InChI=1S/C62H52F2NO5/c63-49-25-17-43(18-26-49)41-65(42-44-19-27-50(64)28-20-44)33-35-67-55-29-21-45-9-1-5-13-51(45)59(55)61-53-15-7-3-11-47(53)23-31-57(61)69-39-37-66-38-40-70-58-32-24-48-12-4-8-16-54(48)62(58)60-52-14-6-2-10-46(52)22-30-56(60)68-36-34-65/h1-32H,33-42H2/q+1. The van der Waals surface area contributed by atoms with Gasteiger partial charge in [-0.1, -0.05) is 146 Å². The maximum absolute atomic E-state index is 14.5. The lowest BCUT2D eigenvalue weighted by molar-refractivity contribution is -0.953.